The minimum absolute atomic E-state index is 0.0102. The molecule has 0 unspecified atom stereocenters. The van der Waals surface area contributed by atoms with E-state index in [1.54, 1.807) is 0 Å². The normalized spacial score (nSPS) is 14.1. The van der Waals surface area contributed by atoms with Crippen LogP contribution >= 0.6 is 11.8 Å². The standard InChI is InChI=1S/C33H39N3O2S/c1-4-20-35(21-5-2)22-10-19-34-32(37)27-17-15-26(16-18-27)23-31-33(38)36(24-28-12-7-6-11-25(28)3)29-13-8-9-14-30(29)39-31/h6-9,11-18,23H,4-5,10,19-22,24H2,1-3H3,(H,34,37). The molecule has 4 rings (SSSR count). The number of carbonyl (C=O) groups excluding carboxylic acids is 2. The Balaban J connectivity index is 1.42. The maximum Gasteiger partial charge on any atom is 0.265 e. The highest BCUT2D eigenvalue weighted by Crippen LogP contribution is 2.42. The van der Waals surface area contributed by atoms with E-state index in [1.165, 1.54) is 17.3 Å². The van der Waals surface area contributed by atoms with Crippen LogP contribution in [0.15, 0.2) is 82.6 Å². The van der Waals surface area contributed by atoms with Crippen LogP contribution in [-0.2, 0) is 11.3 Å². The van der Waals surface area contributed by atoms with Crippen molar-refractivity contribution in [1.29, 1.82) is 0 Å². The summed E-state index contributed by atoms with van der Waals surface area (Å²) in [5.74, 6) is -0.0721. The van der Waals surface area contributed by atoms with Gasteiger partial charge in [-0.05, 0) is 92.9 Å². The molecular weight excluding hydrogens is 502 g/mol. The molecule has 0 atom stereocenters. The summed E-state index contributed by atoms with van der Waals surface area (Å²) in [6, 6.07) is 23.7. The first kappa shape index (κ1) is 28.7. The summed E-state index contributed by atoms with van der Waals surface area (Å²) >= 11 is 1.50. The van der Waals surface area contributed by atoms with Crippen LogP contribution in [0.3, 0.4) is 0 Å². The van der Waals surface area contributed by atoms with Crippen molar-refractivity contribution >= 4 is 35.3 Å². The van der Waals surface area contributed by atoms with Crippen LogP contribution in [-0.4, -0.2) is 42.9 Å². The lowest BCUT2D eigenvalue weighted by Gasteiger charge is -2.31. The number of carbonyl (C=O) groups is 2. The fraction of sp³-hybridized carbons (Fsp3) is 0.333. The molecule has 1 heterocycles. The largest absolute Gasteiger partial charge is 0.352 e. The molecule has 0 radical (unpaired) electrons. The van der Waals surface area contributed by atoms with Crippen LogP contribution in [0.1, 0.15) is 60.2 Å². The van der Waals surface area contributed by atoms with Crippen LogP contribution in [0.4, 0.5) is 5.69 Å². The second-order valence-corrected chi connectivity index (χ2v) is 11.1. The van der Waals surface area contributed by atoms with Gasteiger partial charge in [0.05, 0.1) is 17.1 Å². The molecule has 0 saturated heterocycles. The van der Waals surface area contributed by atoms with E-state index in [4.69, 9.17) is 0 Å². The van der Waals surface area contributed by atoms with Crippen molar-refractivity contribution in [2.45, 2.75) is 51.5 Å². The third-order valence-electron chi connectivity index (χ3n) is 6.91. The van der Waals surface area contributed by atoms with Crippen molar-refractivity contribution in [3.63, 3.8) is 0 Å². The van der Waals surface area contributed by atoms with E-state index in [2.05, 4.69) is 49.2 Å². The van der Waals surface area contributed by atoms with E-state index < -0.39 is 0 Å². The molecule has 39 heavy (non-hydrogen) atoms. The summed E-state index contributed by atoms with van der Waals surface area (Å²) < 4.78 is 0. The second-order valence-electron chi connectivity index (χ2n) is 9.97. The first-order valence-corrected chi connectivity index (χ1v) is 14.8. The summed E-state index contributed by atoms with van der Waals surface area (Å²) in [6.45, 7) is 10.9. The van der Waals surface area contributed by atoms with Gasteiger partial charge in [-0.1, -0.05) is 74.1 Å². The fourth-order valence-electron chi connectivity index (χ4n) is 4.83. The lowest BCUT2D eigenvalue weighted by atomic mass is 10.1. The van der Waals surface area contributed by atoms with Gasteiger partial charge in [-0.2, -0.15) is 0 Å². The quantitative estimate of drug-likeness (QED) is 0.200. The van der Waals surface area contributed by atoms with Gasteiger partial charge in [0, 0.05) is 17.0 Å². The smallest absolute Gasteiger partial charge is 0.265 e. The maximum atomic E-state index is 13.6. The molecule has 0 fully saturated rings. The summed E-state index contributed by atoms with van der Waals surface area (Å²) in [5.41, 5.74) is 4.76. The Hall–Kier alpha value is -3.35. The zero-order valence-electron chi connectivity index (χ0n) is 23.3. The second kappa shape index (κ2) is 14.2. The van der Waals surface area contributed by atoms with Crippen LogP contribution in [0.2, 0.25) is 0 Å². The Kier molecular flexibility index (Phi) is 10.4. The fourth-order valence-corrected chi connectivity index (χ4v) is 5.89. The molecule has 3 aromatic rings. The van der Waals surface area contributed by atoms with Crippen LogP contribution < -0.4 is 10.2 Å². The van der Waals surface area contributed by atoms with Gasteiger partial charge in [0.2, 0.25) is 0 Å². The Morgan fingerprint density at radius 1 is 0.923 bits per heavy atom. The molecule has 1 aliphatic rings. The molecule has 204 valence electrons. The van der Waals surface area contributed by atoms with Gasteiger partial charge < -0.3 is 15.1 Å². The third kappa shape index (κ3) is 7.61. The van der Waals surface area contributed by atoms with Gasteiger partial charge in [-0.15, -0.1) is 0 Å². The summed E-state index contributed by atoms with van der Waals surface area (Å²) in [5, 5.41) is 3.04. The topological polar surface area (TPSA) is 52.7 Å². The van der Waals surface area contributed by atoms with Gasteiger partial charge in [0.25, 0.3) is 11.8 Å². The van der Waals surface area contributed by atoms with E-state index in [0.29, 0.717) is 23.6 Å². The zero-order chi connectivity index (χ0) is 27.6. The molecule has 1 aliphatic heterocycles. The molecule has 0 saturated carbocycles. The summed E-state index contributed by atoms with van der Waals surface area (Å²) in [6.07, 6.45) is 5.16. The molecule has 0 bridgehead atoms. The number of fused-ring (bicyclic) bond motifs is 1. The highest BCUT2D eigenvalue weighted by molar-refractivity contribution is 8.04. The SMILES string of the molecule is CCCN(CCC)CCCNC(=O)c1ccc(C=C2Sc3ccccc3N(Cc3ccccc3C)C2=O)cc1. The number of nitrogens with one attached hydrogen (secondary N) is 1. The van der Waals surface area contributed by atoms with Crippen molar-refractivity contribution < 1.29 is 9.59 Å². The van der Waals surface area contributed by atoms with Crippen molar-refractivity contribution in [2.24, 2.45) is 0 Å². The lowest BCUT2D eigenvalue weighted by Crippen LogP contribution is -2.33. The average molecular weight is 542 g/mol. The van der Waals surface area contributed by atoms with Crippen molar-refractivity contribution in [3.8, 4) is 0 Å². The van der Waals surface area contributed by atoms with Gasteiger partial charge in [-0.3, -0.25) is 9.59 Å². The molecule has 5 nitrogen and oxygen atoms in total. The first-order valence-electron chi connectivity index (χ1n) is 14.0. The van der Waals surface area contributed by atoms with Crippen LogP contribution in [0, 0.1) is 6.92 Å². The molecule has 6 heteroatoms. The Labute approximate surface area is 237 Å². The predicted octanol–water partition coefficient (Wildman–Crippen LogP) is 6.92. The maximum absolute atomic E-state index is 13.6. The van der Waals surface area contributed by atoms with Crippen molar-refractivity contribution in [3.05, 3.63) is 100.0 Å². The number of hydrogen-bond donors (Lipinski definition) is 1. The van der Waals surface area contributed by atoms with Gasteiger partial charge in [-0.25, -0.2) is 0 Å². The minimum atomic E-state index is -0.0619. The number of benzene rings is 3. The third-order valence-corrected chi connectivity index (χ3v) is 7.99. The Morgan fingerprint density at radius 2 is 1.62 bits per heavy atom. The molecule has 1 N–H and O–H groups in total. The number of anilines is 1. The number of hydrogen-bond acceptors (Lipinski definition) is 4. The van der Waals surface area contributed by atoms with Gasteiger partial charge >= 0.3 is 0 Å². The first-order chi connectivity index (χ1) is 19.0. The van der Waals surface area contributed by atoms with Gasteiger partial charge in [0.15, 0.2) is 0 Å². The Bertz CT molecular complexity index is 1300. The van der Waals surface area contributed by atoms with Crippen molar-refractivity contribution in [1.82, 2.24) is 10.2 Å². The predicted molar refractivity (Wildman–Crippen MR) is 163 cm³/mol. The van der Waals surface area contributed by atoms with E-state index in [0.717, 1.165) is 60.6 Å². The lowest BCUT2D eigenvalue weighted by molar-refractivity contribution is -0.114. The number of thioether (sulfide) groups is 1. The minimum Gasteiger partial charge on any atom is -0.352 e. The molecule has 0 spiro atoms. The van der Waals surface area contributed by atoms with E-state index in [1.807, 2.05) is 65.6 Å². The number of amides is 2. The van der Waals surface area contributed by atoms with E-state index in [9.17, 15) is 9.59 Å². The molecule has 0 aliphatic carbocycles. The van der Waals surface area contributed by atoms with Gasteiger partial charge in [0.1, 0.15) is 0 Å². The van der Waals surface area contributed by atoms with Crippen LogP contribution in [0.5, 0.6) is 0 Å². The molecule has 0 aromatic heterocycles. The monoisotopic (exact) mass is 541 g/mol. The molecular formula is C33H39N3O2S. The number of rotatable bonds is 12. The van der Waals surface area contributed by atoms with Crippen molar-refractivity contribution in [2.75, 3.05) is 31.1 Å². The average Bonchev–Trinajstić information content (AvgIpc) is 2.95. The number of aryl methyl sites for hydroxylation is 1. The van der Waals surface area contributed by atoms with E-state index in [-0.39, 0.29) is 11.8 Å². The Morgan fingerprint density at radius 3 is 2.33 bits per heavy atom. The zero-order valence-corrected chi connectivity index (χ0v) is 24.1. The van der Waals surface area contributed by atoms with E-state index >= 15 is 0 Å². The molecule has 3 aromatic carbocycles. The number of nitrogens with zero attached hydrogens (tertiary/aromatic N) is 2. The highest BCUT2D eigenvalue weighted by atomic mass is 32.2. The highest BCUT2D eigenvalue weighted by Gasteiger charge is 2.29. The summed E-state index contributed by atoms with van der Waals surface area (Å²) in [4.78, 5) is 32.4. The van der Waals surface area contributed by atoms with Crippen LogP contribution in [0.25, 0.3) is 6.08 Å². The summed E-state index contributed by atoms with van der Waals surface area (Å²) in [7, 11) is 0. The molecule has 2 amide bonds. The number of para-hydroxylation sites is 1.